The van der Waals surface area contributed by atoms with Crippen molar-refractivity contribution >= 4 is 5.91 Å². The van der Waals surface area contributed by atoms with Crippen LogP contribution in [0.1, 0.15) is 40.7 Å². The molecule has 0 spiro atoms. The summed E-state index contributed by atoms with van der Waals surface area (Å²) in [5, 5.41) is 9.76. The summed E-state index contributed by atoms with van der Waals surface area (Å²) >= 11 is 0. The standard InChI is InChI=1S/C29H27F6NO2/c1-19-8-10-20(11-9-19)16-25(37)36-17-24(26(2,18-36)22-6-4-3-5-7-22)21-12-14-23(15-13-21)27(38,28(30,31)32)29(33,34)35/h3-15,24,38H,16-18H2,1-2H3/t24-,26+/m0/s1. The van der Waals surface area contributed by atoms with Crippen LogP contribution in [0.15, 0.2) is 78.9 Å². The molecule has 1 fully saturated rings. The van der Waals surface area contributed by atoms with Crippen molar-refractivity contribution < 1.29 is 36.2 Å². The van der Waals surface area contributed by atoms with E-state index >= 15 is 0 Å². The van der Waals surface area contributed by atoms with E-state index in [1.165, 1.54) is 12.1 Å². The van der Waals surface area contributed by atoms with Gasteiger partial charge in [-0.3, -0.25) is 4.79 Å². The summed E-state index contributed by atoms with van der Waals surface area (Å²) < 4.78 is 80.2. The first kappa shape index (κ1) is 27.7. The smallest absolute Gasteiger partial charge is 0.369 e. The van der Waals surface area contributed by atoms with Gasteiger partial charge in [-0.05, 0) is 23.6 Å². The number of benzene rings is 3. The fraction of sp³-hybridized carbons (Fsp3) is 0.345. The Hall–Kier alpha value is -3.33. The molecule has 0 bridgehead atoms. The largest absolute Gasteiger partial charge is 0.430 e. The van der Waals surface area contributed by atoms with Gasteiger partial charge in [0.1, 0.15) is 0 Å². The van der Waals surface area contributed by atoms with Crippen molar-refractivity contribution in [2.75, 3.05) is 13.1 Å². The van der Waals surface area contributed by atoms with Crippen molar-refractivity contribution in [2.45, 2.75) is 49.6 Å². The molecule has 3 nitrogen and oxygen atoms in total. The van der Waals surface area contributed by atoms with Crippen LogP contribution in [0.25, 0.3) is 0 Å². The first-order chi connectivity index (χ1) is 17.7. The monoisotopic (exact) mass is 535 g/mol. The number of hydrogen-bond donors (Lipinski definition) is 1. The lowest BCUT2D eigenvalue weighted by Gasteiger charge is -2.34. The molecule has 1 aliphatic rings. The Morgan fingerprint density at radius 3 is 1.97 bits per heavy atom. The predicted octanol–water partition coefficient (Wildman–Crippen LogP) is 6.43. The summed E-state index contributed by atoms with van der Waals surface area (Å²) in [6.07, 6.45) is -11.8. The maximum atomic E-state index is 13.4. The number of carbonyl (C=O) groups excluding carboxylic acids is 1. The maximum absolute atomic E-state index is 13.4. The zero-order chi connectivity index (χ0) is 27.9. The molecule has 38 heavy (non-hydrogen) atoms. The lowest BCUT2D eigenvalue weighted by atomic mass is 9.71. The van der Waals surface area contributed by atoms with E-state index in [0.717, 1.165) is 16.7 Å². The number of likely N-dealkylation sites (tertiary alicyclic amines) is 1. The Kier molecular flexibility index (Phi) is 7.12. The van der Waals surface area contributed by atoms with Crippen molar-refractivity contribution in [1.82, 2.24) is 4.90 Å². The molecule has 0 unspecified atom stereocenters. The van der Waals surface area contributed by atoms with Gasteiger partial charge in [-0.1, -0.05) is 91.3 Å². The van der Waals surface area contributed by atoms with Crippen LogP contribution >= 0.6 is 0 Å². The van der Waals surface area contributed by atoms with Gasteiger partial charge in [-0.25, -0.2) is 0 Å². The third kappa shape index (κ3) is 4.91. The molecule has 1 saturated heterocycles. The lowest BCUT2D eigenvalue weighted by Crippen LogP contribution is -2.53. The summed E-state index contributed by atoms with van der Waals surface area (Å²) in [6, 6.07) is 20.5. The van der Waals surface area contributed by atoms with Gasteiger partial charge in [0.2, 0.25) is 5.91 Å². The summed E-state index contributed by atoms with van der Waals surface area (Å²) in [5.74, 6) is -0.538. The van der Waals surface area contributed by atoms with E-state index in [0.29, 0.717) is 24.2 Å². The third-order valence-electron chi connectivity index (χ3n) is 7.50. The molecular formula is C29H27F6NO2. The summed E-state index contributed by atoms with van der Waals surface area (Å²) in [7, 11) is 0. The van der Waals surface area contributed by atoms with E-state index in [4.69, 9.17) is 0 Å². The van der Waals surface area contributed by atoms with Crippen molar-refractivity contribution in [3.63, 3.8) is 0 Å². The molecule has 9 heteroatoms. The second-order valence-corrected chi connectivity index (χ2v) is 10.1. The average molecular weight is 536 g/mol. The van der Waals surface area contributed by atoms with Crippen molar-refractivity contribution in [2.24, 2.45) is 0 Å². The SMILES string of the molecule is Cc1ccc(CC(=O)N2C[C@@H](c3ccc(C(O)(C(F)(F)F)C(F)(F)F)cc3)[C@@](C)(c3ccccc3)C2)cc1. The quantitative estimate of drug-likeness (QED) is 0.383. The number of aliphatic hydroxyl groups is 1. The van der Waals surface area contributed by atoms with Crippen LogP contribution in [0, 0.1) is 6.92 Å². The van der Waals surface area contributed by atoms with E-state index in [1.54, 1.807) is 4.90 Å². The van der Waals surface area contributed by atoms with Gasteiger partial charge in [0.25, 0.3) is 5.60 Å². The molecule has 1 amide bonds. The molecule has 1 heterocycles. The summed E-state index contributed by atoms with van der Waals surface area (Å²) in [4.78, 5) is 14.9. The van der Waals surface area contributed by atoms with Gasteiger partial charge in [0, 0.05) is 30.0 Å². The van der Waals surface area contributed by atoms with E-state index in [1.807, 2.05) is 68.4 Å². The topological polar surface area (TPSA) is 40.5 Å². The number of halogens is 6. The lowest BCUT2D eigenvalue weighted by molar-refractivity contribution is -0.376. The number of nitrogens with zero attached hydrogens (tertiary/aromatic N) is 1. The van der Waals surface area contributed by atoms with Crippen LogP contribution in [0.5, 0.6) is 0 Å². The Bertz CT molecular complexity index is 1260. The third-order valence-corrected chi connectivity index (χ3v) is 7.50. The van der Waals surface area contributed by atoms with Gasteiger partial charge in [-0.15, -0.1) is 0 Å². The average Bonchev–Trinajstić information content (AvgIpc) is 3.23. The minimum atomic E-state index is -5.96. The first-order valence-electron chi connectivity index (χ1n) is 12.0. The van der Waals surface area contributed by atoms with Crippen LogP contribution in [0.3, 0.4) is 0 Å². The highest BCUT2D eigenvalue weighted by Gasteiger charge is 2.71. The highest BCUT2D eigenvalue weighted by Crippen LogP contribution is 2.51. The number of amides is 1. The molecule has 0 saturated carbocycles. The van der Waals surface area contributed by atoms with Crippen molar-refractivity contribution in [3.05, 3.63) is 107 Å². The normalized spacial score (nSPS) is 20.6. The second kappa shape index (κ2) is 9.76. The number of aryl methyl sites for hydroxylation is 1. The Labute approximate surface area is 216 Å². The fourth-order valence-electron chi connectivity index (χ4n) is 5.20. The van der Waals surface area contributed by atoms with E-state index in [-0.39, 0.29) is 18.9 Å². The molecule has 0 aromatic heterocycles. The molecule has 4 rings (SSSR count). The Balaban J connectivity index is 1.68. The zero-order valence-corrected chi connectivity index (χ0v) is 20.8. The Morgan fingerprint density at radius 2 is 1.45 bits per heavy atom. The van der Waals surface area contributed by atoms with Crippen LogP contribution in [0.4, 0.5) is 26.3 Å². The van der Waals surface area contributed by atoms with E-state index in [9.17, 15) is 36.2 Å². The van der Waals surface area contributed by atoms with Gasteiger partial charge in [0.05, 0.1) is 6.42 Å². The molecule has 3 aromatic carbocycles. The van der Waals surface area contributed by atoms with E-state index < -0.39 is 34.8 Å². The molecule has 2 atom stereocenters. The molecule has 202 valence electrons. The van der Waals surface area contributed by atoms with Crippen LogP contribution in [-0.2, 0) is 22.2 Å². The molecule has 3 aromatic rings. The van der Waals surface area contributed by atoms with Crippen molar-refractivity contribution in [3.8, 4) is 0 Å². The van der Waals surface area contributed by atoms with Gasteiger partial charge >= 0.3 is 12.4 Å². The van der Waals surface area contributed by atoms with Crippen LogP contribution < -0.4 is 0 Å². The maximum Gasteiger partial charge on any atom is 0.430 e. The second-order valence-electron chi connectivity index (χ2n) is 10.1. The van der Waals surface area contributed by atoms with Crippen LogP contribution in [0.2, 0.25) is 0 Å². The predicted molar refractivity (Wildman–Crippen MR) is 130 cm³/mol. The van der Waals surface area contributed by atoms with Gasteiger partial charge < -0.3 is 10.0 Å². The highest BCUT2D eigenvalue weighted by molar-refractivity contribution is 5.79. The number of alkyl halides is 6. The minimum absolute atomic E-state index is 0.126. The Morgan fingerprint density at radius 1 is 0.895 bits per heavy atom. The van der Waals surface area contributed by atoms with Gasteiger partial charge in [-0.2, -0.15) is 26.3 Å². The molecule has 0 radical (unpaired) electrons. The van der Waals surface area contributed by atoms with Crippen molar-refractivity contribution in [1.29, 1.82) is 0 Å². The summed E-state index contributed by atoms with van der Waals surface area (Å²) in [5.41, 5.74) is -3.70. The van der Waals surface area contributed by atoms with Gasteiger partial charge in [0.15, 0.2) is 0 Å². The van der Waals surface area contributed by atoms with E-state index in [2.05, 4.69) is 0 Å². The fourth-order valence-corrected chi connectivity index (χ4v) is 5.20. The molecule has 0 aliphatic carbocycles. The molecule has 1 aliphatic heterocycles. The minimum Gasteiger partial charge on any atom is -0.369 e. The number of hydrogen-bond acceptors (Lipinski definition) is 2. The number of carbonyl (C=O) groups is 1. The zero-order valence-electron chi connectivity index (χ0n) is 20.8. The summed E-state index contributed by atoms with van der Waals surface area (Å²) in [6.45, 7) is 4.43. The molecular weight excluding hydrogens is 508 g/mol. The molecule has 1 N–H and O–H groups in total. The first-order valence-corrected chi connectivity index (χ1v) is 12.0. The highest BCUT2D eigenvalue weighted by atomic mass is 19.4. The van der Waals surface area contributed by atoms with Crippen LogP contribution in [-0.4, -0.2) is 41.4 Å². The number of rotatable bonds is 5.